The molecular formula is C21H17BrN4O4S2. The zero-order chi connectivity index (χ0) is 22.7. The van der Waals surface area contributed by atoms with E-state index in [1.54, 1.807) is 31.2 Å². The largest absolute Gasteiger partial charge is 0.402 e. The summed E-state index contributed by atoms with van der Waals surface area (Å²) < 4.78 is 33.8. The van der Waals surface area contributed by atoms with E-state index in [4.69, 9.17) is 4.42 Å². The molecule has 0 aliphatic carbocycles. The van der Waals surface area contributed by atoms with Gasteiger partial charge in [0.25, 0.3) is 21.8 Å². The Morgan fingerprint density at radius 3 is 2.41 bits per heavy atom. The van der Waals surface area contributed by atoms with Crippen molar-refractivity contribution in [1.29, 1.82) is 0 Å². The minimum Gasteiger partial charge on any atom is -0.402 e. The Morgan fingerprint density at radius 2 is 1.78 bits per heavy atom. The van der Waals surface area contributed by atoms with Gasteiger partial charge in [-0.25, -0.2) is 8.42 Å². The molecule has 8 nitrogen and oxygen atoms in total. The third-order valence-electron chi connectivity index (χ3n) is 4.47. The summed E-state index contributed by atoms with van der Waals surface area (Å²) in [5.74, 6) is -0.204. The van der Waals surface area contributed by atoms with Crippen molar-refractivity contribution < 1.29 is 17.6 Å². The van der Waals surface area contributed by atoms with Crippen LogP contribution in [0.3, 0.4) is 0 Å². The first-order valence-electron chi connectivity index (χ1n) is 9.47. The van der Waals surface area contributed by atoms with E-state index in [9.17, 15) is 13.2 Å². The second-order valence-electron chi connectivity index (χ2n) is 6.50. The van der Waals surface area contributed by atoms with Gasteiger partial charge in [0.15, 0.2) is 0 Å². The lowest BCUT2D eigenvalue weighted by atomic mass is 10.2. The summed E-state index contributed by atoms with van der Waals surface area (Å²) in [6.45, 7) is 2.04. The highest BCUT2D eigenvalue weighted by Gasteiger charge is 2.24. The molecule has 1 N–H and O–H groups in total. The first kappa shape index (κ1) is 22.2. The van der Waals surface area contributed by atoms with E-state index >= 15 is 0 Å². The predicted molar refractivity (Wildman–Crippen MR) is 126 cm³/mol. The zero-order valence-electron chi connectivity index (χ0n) is 16.7. The van der Waals surface area contributed by atoms with Crippen molar-refractivity contribution in [3.05, 3.63) is 76.1 Å². The van der Waals surface area contributed by atoms with E-state index in [2.05, 4.69) is 31.4 Å². The van der Waals surface area contributed by atoms with E-state index in [0.717, 1.165) is 8.66 Å². The highest BCUT2D eigenvalue weighted by molar-refractivity contribution is 9.11. The molecule has 0 fully saturated rings. The number of thiophene rings is 1. The van der Waals surface area contributed by atoms with E-state index in [1.165, 1.54) is 39.9 Å². The third kappa shape index (κ3) is 4.59. The number of amides is 1. The maximum absolute atomic E-state index is 13.1. The molecule has 2 aromatic carbocycles. The second kappa shape index (κ2) is 9.23. The van der Waals surface area contributed by atoms with Gasteiger partial charge in [-0.05, 0) is 71.4 Å². The molecule has 2 aromatic heterocycles. The van der Waals surface area contributed by atoms with E-state index in [-0.39, 0.29) is 28.9 Å². The number of hydrogen-bond donors (Lipinski definition) is 1. The average molecular weight is 533 g/mol. The fraction of sp³-hybridized carbons (Fsp3) is 0.0952. The third-order valence-corrected chi connectivity index (χ3v) is 7.99. The van der Waals surface area contributed by atoms with Crippen LogP contribution in [0.2, 0.25) is 0 Å². The monoisotopic (exact) mass is 532 g/mol. The van der Waals surface area contributed by atoms with Crippen LogP contribution in [0.5, 0.6) is 0 Å². The lowest BCUT2D eigenvalue weighted by Crippen LogP contribution is -2.30. The van der Waals surface area contributed by atoms with Crippen molar-refractivity contribution in [3.8, 4) is 10.8 Å². The van der Waals surface area contributed by atoms with Crippen LogP contribution < -0.4 is 9.62 Å². The highest BCUT2D eigenvalue weighted by Crippen LogP contribution is 2.31. The topological polar surface area (TPSA) is 105 Å². The molecule has 0 aliphatic heterocycles. The standard InChI is InChI=1S/C21H17BrN4O4S2/c1-2-26(15-6-4-3-5-7-15)32(28,29)16-10-8-14(9-11-16)19(27)23-21-25-24-20(30-21)17-12-13-18(22)31-17/h3-13H,2H2,1H3,(H,23,25,27). The van der Waals surface area contributed by atoms with Gasteiger partial charge in [0.2, 0.25) is 0 Å². The number of sulfonamides is 1. The number of carbonyl (C=O) groups is 1. The fourth-order valence-corrected chi connectivity index (χ4v) is 5.74. The smallest absolute Gasteiger partial charge is 0.322 e. The normalized spacial score (nSPS) is 11.3. The Balaban J connectivity index is 1.49. The molecule has 0 radical (unpaired) electrons. The Labute approximate surface area is 197 Å². The first-order valence-corrected chi connectivity index (χ1v) is 12.5. The van der Waals surface area contributed by atoms with Crippen LogP contribution in [-0.2, 0) is 10.0 Å². The van der Waals surface area contributed by atoms with Crippen LogP contribution in [0, 0.1) is 0 Å². The van der Waals surface area contributed by atoms with Gasteiger partial charge in [0.05, 0.1) is 19.2 Å². The zero-order valence-corrected chi connectivity index (χ0v) is 19.9. The summed E-state index contributed by atoms with van der Waals surface area (Å²) in [5, 5.41) is 10.3. The Kier molecular flexibility index (Phi) is 6.40. The summed E-state index contributed by atoms with van der Waals surface area (Å²) >= 11 is 4.79. The summed E-state index contributed by atoms with van der Waals surface area (Å²) in [6.07, 6.45) is 0. The molecule has 164 valence electrons. The molecular weight excluding hydrogens is 516 g/mol. The second-order valence-corrected chi connectivity index (χ2v) is 10.8. The molecule has 32 heavy (non-hydrogen) atoms. The number of anilines is 2. The van der Waals surface area contributed by atoms with E-state index in [1.807, 2.05) is 18.2 Å². The van der Waals surface area contributed by atoms with Gasteiger partial charge in [-0.15, -0.1) is 16.4 Å². The van der Waals surface area contributed by atoms with Crippen molar-refractivity contribution in [1.82, 2.24) is 10.2 Å². The number of aromatic nitrogens is 2. The van der Waals surface area contributed by atoms with Gasteiger partial charge in [0, 0.05) is 12.1 Å². The summed E-state index contributed by atoms with van der Waals surface area (Å²) in [6, 6.07) is 18.2. The molecule has 0 atom stereocenters. The van der Waals surface area contributed by atoms with E-state index in [0.29, 0.717) is 5.69 Å². The number of nitrogens with one attached hydrogen (secondary N) is 1. The molecule has 0 spiro atoms. The molecule has 1 amide bonds. The number of nitrogens with zero attached hydrogens (tertiary/aromatic N) is 3. The number of rotatable bonds is 7. The number of halogens is 1. The maximum Gasteiger partial charge on any atom is 0.322 e. The van der Waals surface area contributed by atoms with Crippen molar-refractivity contribution >= 4 is 54.9 Å². The van der Waals surface area contributed by atoms with Gasteiger partial charge >= 0.3 is 6.01 Å². The van der Waals surface area contributed by atoms with Crippen LogP contribution in [0.4, 0.5) is 11.7 Å². The SMILES string of the molecule is CCN(c1ccccc1)S(=O)(=O)c1ccc(C(=O)Nc2nnc(-c3ccc(Br)s3)o2)cc1. The van der Waals surface area contributed by atoms with E-state index < -0.39 is 15.9 Å². The van der Waals surface area contributed by atoms with Gasteiger partial charge in [-0.2, -0.15) is 0 Å². The van der Waals surface area contributed by atoms with Crippen LogP contribution >= 0.6 is 27.3 Å². The van der Waals surface area contributed by atoms with Crippen LogP contribution in [0.15, 0.2) is 79.8 Å². The highest BCUT2D eigenvalue weighted by atomic mass is 79.9. The lowest BCUT2D eigenvalue weighted by molar-refractivity contribution is 0.102. The summed E-state index contributed by atoms with van der Waals surface area (Å²) in [7, 11) is -3.77. The van der Waals surface area contributed by atoms with Crippen LogP contribution in [0.1, 0.15) is 17.3 Å². The van der Waals surface area contributed by atoms with Crippen LogP contribution in [-0.4, -0.2) is 31.1 Å². The molecule has 0 bridgehead atoms. The molecule has 0 unspecified atom stereocenters. The van der Waals surface area contributed by atoms with Crippen molar-refractivity contribution in [2.24, 2.45) is 0 Å². The molecule has 11 heteroatoms. The fourth-order valence-electron chi connectivity index (χ4n) is 2.96. The minimum atomic E-state index is -3.77. The number of hydrogen-bond acceptors (Lipinski definition) is 7. The Hall–Kier alpha value is -3.02. The predicted octanol–water partition coefficient (Wildman–Crippen LogP) is 5.03. The summed E-state index contributed by atoms with van der Waals surface area (Å²) in [5.41, 5.74) is 0.826. The van der Waals surface area contributed by atoms with Gasteiger partial charge < -0.3 is 4.42 Å². The van der Waals surface area contributed by atoms with Gasteiger partial charge in [-0.1, -0.05) is 23.3 Å². The minimum absolute atomic E-state index is 0.0487. The number of benzene rings is 2. The first-order chi connectivity index (χ1) is 15.4. The molecule has 0 aliphatic rings. The van der Waals surface area contributed by atoms with Crippen molar-refractivity contribution in [3.63, 3.8) is 0 Å². The Bertz CT molecular complexity index is 1340. The molecule has 0 saturated heterocycles. The van der Waals surface area contributed by atoms with Gasteiger partial charge in [-0.3, -0.25) is 14.4 Å². The summed E-state index contributed by atoms with van der Waals surface area (Å²) in [4.78, 5) is 13.4. The van der Waals surface area contributed by atoms with Crippen molar-refractivity contribution in [2.45, 2.75) is 11.8 Å². The lowest BCUT2D eigenvalue weighted by Gasteiger charge is -2.22. The molecule has 4 aromatic rings. The molecule has 2 heterocycles. The maximum atomic E-state index is 13.1. The molecule has 0 saturated carbocycles. The van der Waals surface area contributed by atoms with Gasteiger partial charge in [0.1, 0.15) is 0 Å². The average Bonchev–Trinajstić information content (AvgIpc) is 3.44. The number of carbonyl (C=O) groups excluding carboxylic acids is 1. The quantitative estimate of drug-likeness (QED) is 0.357. The number of para-hydroxylation sites is 1. The van der Waals surface area contributed by atoms with Crippen molar-refractivity contribution in [2.75, 3.05) is 16.2 Å². The molecule has 4 rings (SSSR count). The Morgan fingerprint density at radius 1 is 1.06 bits per heavy atom. The van der Waals surface area contributed by atoms with Crippen LogP contribution in [0.25, 0.3) is 10.8 Å².